The van der Waals surface area contributed by atoms with E-state index in [0.717, 1.165) is 5.56 Å². The van der Waals surface area contributed by atoms with E-state index in [1.807, 2.05) is 24.3 Å². The van der Waals surface area contributed by atoms with Crippen LogP contribution in [0.2, 0.25) is 0 Å². The van der Waals surface area contributed by atoms with Crippen LogP contribution >= 0.6 is 0 Å². The van der Waals surface area contributed by atoms with Gasteiger partial charge in [-0.3, -0.25) is 10.1 Å². The molecule has 0 spiro atoms. The maximum Gasteiger partial charge on any atom is 0.211 e. The summed E-state index contributed by atoms with van der Waals surface area (Å²) in [6, 6.07) is 7.53. The van der Waals surface area contributed by atoms with Crippen LogP contribution in [0.25, 0.3) is 0 Å². The van der Waals surface area contributed by atoms with Crippen LogP contribution in [0.15, 0.2) is 29.3 Å². The van der Waals surface area contributed by atoms with E-state index in [4.69, 9.17) is 9.47 Å². The topological polar surface area (TPSA) is 74.0 Å². The van der Waals surface area contributed by atoms with E-state index >= 15 is 0 Å². The third-order valence-corrected chi connectivity index (χ3v) is 3.86. The van der Waals surface area contributed by atoms with Gasteiger partial charge in [0.05, 0.1) is 19.1 Å². The average molecular weight is 306 g/mol. The minimum Gasteiger partial charge on any atom is -0.497 e. The van der Waals surface area contributed by atoms with E-state index in [1.165, 1.54) is 0 Å². The van der Waals surface area contributed by atoms with Crippen LogP contribution in [0, 0.1) is 16.0 Å². The molecule has 0 N–H and O–H groups in total. The molecule has 0 aliphatic carbocycles. The fourth-order valence-electron chi connectivity index (χ4n) is 2.47. The second kappa shape index (κ2) is 7.24. The highest BCUT2D eigenvalue weighted by atomic mass is 16.6. The molecule has 2 atom stereocenters. The van der Waals surface area contributed by atoms with E-state index in [-0.39, 0.29) is 23.4 Å². The molecule has 2 rings (SSSR count). The second-order valence-electron chi connectivity index (χ2n) is 5.84. The molecule has 120 valence electrons. The first-order valence-electron chi connectivity index (χ1n) is 7.44. The molecular formula is C16H22N2O4. The van der Waals surface area contributed by atoms with Crippen molar-refractivity contribution in [2.24, 2.45) is 10.9 Å². The molecule has 1 aliphatic heterocycles. The van der Waals surface area contributed by atoms with E-state index in [1.54, 1.807) is 7.11 Å². The summed E-state index contributed by atoms with van der Waals surface area (Å²) >= 11 is 0. The van der Waals surface area contributed by atoms with Gasteiger partial charge < -0.3 is 9.47 Å². The molecule has 6 heteroatoms. The molecule has 0 bridgehead atoms. The maximum absolute atomic E-state index is 11.0. The lowest BCUT2D eigenvalue weighted by Crippen LogP contribution is -2.17. The number of methoxy groups -OCH3 is 1. The molecule has 0 amide bonds. The van der Waals surface area contributed by atoms with E-state index < -0.39 is 0 Å². The lowest BCUT2D eigenvalue weighted by molar-refractivity contribution is -0.483. The molecule has 1 aromatic carbocycles. The number of aliphatic imine (C=N–C) groups is 1. The molecule has 0 unspecified atom stereocenters. The average Bonchev–Trinajstić information content (AvgIpc) is 2.95. The Labute approximate surface area is 130 Å². The second-order valence-corrected chi connectivity index (χ2v) is 5.84. The first-order chi connectivity index (χ1) is 10.5. The van der Waals surface area contributed by atoms with Crippen LogP contribution < -0.4 is 4.74 Å². The van der Waals surface area contributed by atoms with E-state index in [0.29, 0.717) is 30.6 Å². The lowest BCUT2D eigenvalue weighted by Gasteiger charge is -2.14. The lowest BCUT2D eigenvalue weighted by atomic mass is 9.95. The van der Waals surface area contributed by atoms with Crippen molar-refractivity contribution in [3.63, 3.8) is 0 Å². The van der Waals surface area contributed by atoms with Crippen LogP contribution in [-0.4, -0.2) is 37.1 Å². The number of benzene rings is 1. The van der Waals surface area contributed by atoms with Crippen molar-refractivity contribution in [2.45, 2.75) is 32.2 Å². The quantitative estimate of drug-likeness (QED) is 0.573. The van der Waals surface area contributed by atoms with Crippen molar-refractivity contribution >= 4 is 5.90 Å². The Balaban J connectivity index is 2.16. The molecule has 1 aliphatic rings. The third kappa shape index (κ3) is 4.19. The number of hydrogen-bond acceptors (Lipinski definition) is 5. The first-order valence-corrected chi connectivity index (χ1v) is 7.44. The summed E-state index contributed by atoms with van der Waals surface area (Å²) in [7, 11) is 1.58. The van der Waals surface area contributed by atoms with Gasteiger partial charge in [0.2, 0.25) is 6.54 Å². The van der Waals surface area contributed by atoms with Gasteiger partial charge in [0.1, 0.15) is 12.4 Å². The fourth-order valence-corrected chi connectivity index (χ4v) is 2.47. The van der Waals surface area contributed by atoms with Gasteiger partial charge in [-0.2, -0.15) is 0 Å². The Kier molecular flexibility index (Phi) is 5.35. The summed E-state index contributed by atoms with van der Waals surface area (Å²) in [5, 5.41) is 11.0. The molecule has 22 heavy (non-hydrogen) atoms. The van der Waals surface area contributed by atoms with Crippen molar-refractivity contribution in [2.75, 3.05) is 20.3 Å². The summed E-state index contributed by atoms with van der Waals surface area (Å²) in [6.07, 6.45) is 0.442. The highest BCUT2D eigenvalue weighted by Crippen LogP contribution is 2.26. The van der Waals surface area contributed by atoms with Crippen LogP contribution in [-0.2, 0) is 4.74 Å². The standard InChI is InChI=1S/C16H22N2O4/c1-11(2)15-10-22-16(17-15)8-13(9-18(19)20)12-5-4-6-14(7-12)21-3/h4-7,11,13,15H,8-10H2,1-3H3/t13-,15-/m1/s1. The summed E-state index contributed by atoms with van der Waals surface area (Å²) < 4.78 is 10.8. The van der Waals surface area contributed by atoms with Crippen LogP contribution in [0.1, 0.15) is 31.7 Å². The van der Waals surface area contributed by atoms with Gasteiger partial charge in [0.15, 0.2) is 5.90 Å². The SMILES string of the molecule is COc1cccc([C@H](CC2=N[C@@H](C(C)C)CO2)C[N+](=O)[O-])c1. The number of hydrogen-bond donors (Lipinski definition) is 0. The largest absolute Gasteiger partial charge is 0.497 e. The number of rotatable bonds is 7. The Hall–Kier alpha value is -2.11. The van der Waals surface area contributed by atoms with Crippen LogP contribution in [0.5, 0.6) is 5.75 Å². The number of nitrogens with zero attached hydrogens (tertiary/aromatic N) is 2. The smallest absolute Gasteiger partial charge is 0.211 e. The first kappa shape index (κ1) is 16.3. The summed E-state index contributed by atoms with van der Waals surface area (Å²) in [6.45, 7) is 4.60. The van der Waals surface area contributed by atoms with Crippen molar-refractivity contribution < 1.29 is 14.4 Å². The molecule has 1 aromatic rings. The summed E-state index contributed by atoms with van der Waals surface area (Å²) in [5.41, 5.74) is 0.871. The molecule has 1 heterocycles. The van der Waals surface area contributed by atoms with E-state index in [9.17, 15) is 10.1 Å². The van der Waals surface area contributed by atoms with E-state index in [2.05, 4.69) is 18.8 Å². The van der Waals surface area contributed by atoms with Gasteiger partial charge >= 0.3 is 0 Å². The van der Waals surface area contributed by atoms with Crippen LogP contribution in [0.4, 0.5) is 0 Å². The fraction of sp³-hybridized carbons (Fsp3) is 0.562. The van der Waals surface area contributed by atoms with Gasteiger partial charge in [-0.25, -0.2) is 4.99 Å². The predicted molar refractivity (Wildman–Crippen MR) is 84.2 cm³/mol. The number of nitro groups is 1. The third-order valence-electron chi connectivity index (χ3n) is 3.86. The van der Waals surface area contributed by atoms with Gasteiger partial charge in [0.25, 0.3) is 0 Å². The minimum atomic E-state index is -0.292. The molecular weight excluding hydrogens is 284 g/mol. The highest BCUT2D eigenvalue weighted by molar-refractivity contribution is 5.78. The molecule has 0 saturated carbocycles. The van der Waals surface area contributed by atoms with Crippen molar-refractivity contribution in [1.29, 1.82) is 0 Å². The maximum atomic E-state index is 11.0. The van der Waals surface area contributed by atoms with Crippen LogP contribution in [0.3, 0.4) is 0 Å². The van der Waals surface area contributed by atoms with Crippen molar-refractivity contribution in [3.05, 3.63) is 39.9 Å². The molecule has 0 radical (unpaired) electrons. The molecule has 0 saturated heterocycles. The normalized spacial score (nSPS) is 18.7. The molecule has 0 aromatic heterocycles. The monoisotopic (exact) mass is 306 g/mol. The summed E-state index contributed by atoms with van der Waals surface area (Å²) in [5.74, 6) is 1.45. The highest BCUT2D eigenvalue weighted by Gasteiger charge is 2.27. The minimum absolute atomic E-state index is 0.150. The Morgan fingerprint density at radius 3 is 2.86 bits per heavy atom. The van der Waals surface area contributed by atoms with Crippen molar-refractivity contribution in [3.8, 4) is 5.75 Å². The van der Waals surface area contributed by atoms with Gasteiger partial charge in [-0.15, -0.1) is 0 Å². The zero-order valence-corrected chi connectivity index (χ0v) is 13.2. The van der Waals surface area contributed by atoms with Gasteiger partial charge in [0, 0.05) is 11.3 Å². The predicted octanol–water partition coefficient (Wildman–Crippen LogP) is 2.90. The van der Waals surface area contributed by atoms with Gasteiger partial charge in [-0.05, 0) is 23.6 Å². The zero-order valence-electron chi connectivity index (χ0n) is 13.2. The Bertz CT molecular complexity index is 557. The molecule has 6 nitrogen and oxygen atoms in total. The van der Waals surface area contributed by atoms with Gasteiger partial charge in [-0.1, -0.05) is 26.0 Å². The molecule has 0 fully saturated rings. The zero-order chi connectivity index (χ0) is 16.1. The Morgan fingerprint density at radius 2 is 2.27 bits per heavy atom. The summed E-state index contributed by atoms with van der Waals surface area (Å²) in [4.78, 5) is 15.2. The number of ether oxygens (including phenoxy) is 2. The van der Waals surface area contributed by atoms with Crippen molar-refractivity contribution in [1.82, 2.24) is 0 Å². The Morgan fingerprint density at radius 1 is 1.50 bits per heavy atom.